The summed E-state index contributed by atoms with van der Waals surface area (Å²) in [6, 6.07) is 2.85. The molecule has 128 valence electrons. The van der Waals surface area contributed by atoms with Gasteiger partial charge in [0.15, 0.2) is 11.5 Å². The molecule has 8 nitrogen and oxygen atoms in total. The fraction of sp³-hybridized carbons (Fsp3) is 0.500. The van der Waals surface area contributed by atoms with Crippen molar-refractivity contribution >= 4 is 24.0 Å². The summed E-state index contributed by atoms with van der Waals surface area (Å²) in [6.07, 6.45) is -0.0484. The topological polar surface area (TPSA) is 93.9 Å². The average Bonchev–Trinajstić information content (AvgIpc) is 2.51. The molecule has 1 aliphatic heterocycles. The second-order valence-electron chi connectivity index (χ2n) is 4.98. The zero-order valence-electron chi connectivity index (χ0n) is 13.0. The highest BCUT2D eigenvalue weighted by Gasteiger charge is 2.24. The Labute approximate surface area is 140 Å². The van der Waals surface area contributed by atoms with Crippen molar-refractivity contribution in [3.8, 4) is 11.5 Å². The van der Waals surface area contributed by atoms with E-state index in [9.17, 15) is 14.9 Å². The van der Waals surface area contributed by atoms with E-state index in [1.54, 1.807) is 14.1 Å². The molecular weight excluding hydrogens is 326 g/mol. The van der Waals surface area contributed by atoms with Gasteiger partial charge in [-0.2, -0.15) is 0 Å². The van der Waals surface area contributed by atoms with Crippen molar-refractivity contribution in [2.75, 3.05) is 40.4 Å². The van der Waals surface area contributed by atoms with Gasteiger partial charge in [0, 0.05) is 25.7 Å². The molecule has 9 heteroatoms. The molecule has 2 rings (SSSR count). The number of halogens is 1. The Bertz CT molecular complexity index is 582. The van der Waals surface area contributed by atoms with Crippen LogP contribution in [-0.4, -0.2) is 56.1 Å². The Balaban J connectivity index is 0.00000264. The summed E-state index contributed by atoms with van der Waals surface area (Å²) >= 11 is 0. The molecule has 0 aromatic heterocycles. The van der Waals surface area contributed by atoms with Gasteiger partial charge in [0.05, 0.1) is 17.4 Å². The number of benzene rings is 1. The lowest BCUT2D eigenvalue weighted by atomic mass is 10.1. The third kappa shape index (κ3) is 4.70. The molecule has 1 aromatic carbocycles. The summed E-state index contributed by atoms with van der Waals surface area (Å²) in [5, 5.41) is 14.2. The Morgan fingerprint density at radius 3 is 2.52 bits per heavy atom. The van der Waals surface area contributed by atoms with Crippen LogP contribution in [-0.2, 0) is 11.2 Å². The first kappa shape index (κ1) is 19.0. The van der Waals surface area contributed by atoms with E-state index in [1.165, 1.54) is 17.0 Å². The lowest BCUT2D eigenvalue weighted by Gasteiger charge is -2.20. The second kappa shape index (κ2) is 8.54. The predicted octanol–water partition coefficient (Wildman–Crippen LogP) is 1.01. The average molecular weight is 346 g/mol. The van der Waals surface area contributed by atoms with E-state index in [0.29, 0.717) is 43.4 Å². The summed E-state index contributed by atoms with van der Waals surface area (Å²) in [4.78, 5) is 24.4. The van der Waals surface area contributed by atoms with E-state index in [4.69, 9.17) is 9.47 Å². The summed E-state index contributed by atoms with van der Waals surface area (Å²) in [5.74, 6) is 0.602. The fourth-order valence-corrected chi connectivity index (χ4v) is 2.13. The molecule has 0 bridgehead atoms. The zero-order chi connectivity index (χ0) is 16.1. The standard InChI is InChI=1S/C14H19N3O5.ClH/c1-15-3-4-16(2)14(18)8-10-7-12-13(22-6-5-21-12)9-11(10)17(19)20;/h7,9,15H,3-6,8H2,1-2H3;1H. The van der Waals surface area contributed by atoms with Crippen LogP contribution in [0.25, 0.3) is 0 Å². The lowest BCUT2D eigenvalue weighted by molar-refractivity contribution is -0.385. The summed E-state index contributed by atoms with van der Waals surface area (Å²) < 4.78 is 10.8. The van der Waals surface area contributed by atoms with E-state index in [1.807, 2.05) is 0 Å². The Morgan fingerprint density at radius 1 is 1.35 bits per heavy atom. The molecule has 1 heterocycles. The van der Waals surface area contributed by atoms with Gasteiger partial charge in [-0.1, -0.05) is 0 Å². The maximum atomic E-state index is 12.2. The number of fused-ring (bicyclic) bond motifs is 1. The Kier molecular flexibility index (Phi) is 7.05. The van der Waals surface area contributed by atoms with E-state index in [2.05, 4.69) is 5.32 Å². The number of hydrogen-bond donors (Lipinski definition) is 1. The van der Waals surface area contributed by atoms with Crippen LogP contribution in [0.15, 0.2) is 12.1 Å². The van der Waals surface area contributed by atoms with Crippen LogP contribution in [0.1, 0.15) is 5.56 Å². The molecule has 0 aliphatic carbocycles. The molecular formula is C14H20ClN3O5. The van der Waals surface area contributed by atoms with Crippen molar-refractivity contribution in [2.24, 2.45) is 0 Å². The van der Waals surface area contributed by atoms with Crippen LogP contribution in [0.4, 0.5) is 5.69 Å². The molecule has 0 saturated heterocycles. The predicted molar refractivity (Wildman–Crippen MR) is 86.6 cm³/mol. The number of carbonyl (C=O) groups is 1. The van der Waals surface area contributed by atoms with E-state index < -0.39 is 4.92 Å². The van der Waals surface area contributed by atoms with Crippen LogP contribution in [0.3, 0.4) is 0 Å². The normalized spacial score (nSPS) is 12.3. The van der Waals surface area contributed by atoms with Crippen LogP contribution in [0.5, 0.6) is 11.5 Å². The largest absolute Gasteiger partial charge is 0.486 e. The summed E-state index contributed by atoms with van der Waals surface area (Å²) in [5.41, 5.74) is 0.204. The first-order valence-corrected chi connectivity index (χ1v) is 6.98. The number of carbonyl (C=O) groups excluding carboxylic acids is 1. The van der Waals surface area contributed by atoms with E-state index >= 15 is 0 Å². The lowest BCUT2D eigenvalue weighted by Crippen LogP contribution is -2.33. The summed E-state index contributed by atoms with van der Waals surface area (Å²) in [6.45, 7) is 1.94. The third-order valence-electron chi connectivity index (χ3n) is 3.40. The molecule has 23 heavy (non-hydrogen) atoms. The molecule has 0 spiro atoms. The van der Waals surface area contributed by atoms with Crippen molar-refractivity contribution in [3.63, 3.8) is 0 Å². The number of amides is 1. The molecule has 0 unspecified atom stereocenters. The second-order valence-corrected chi connectivity index (χ2v) is 4.98. The first-order valence-electron chi connectivity index (χ1n) is 6.98. The molecule has 1 aromatic rings. The number of ether oxygens (including phenoxy) is 2. The van der Waals surface area contributed by atoms with Gasteiger partial charge in [-0.25, -0.2) is 0 Å². The van der Waals surface area contributed by atoms with Crippen LogP contribution < -0.4 is 14.8 Å². The molecule has 0 radical (unpaired) electrons. The summed E-state index contributed by atoms with van der Waals surface area (Å²) in [7, 11) is 3.47. The number of likely N-dealkylation sites (N-methyl/N-ethyl adjacent to an activating group) is 2. The van der Waals surface area contributed by atoms with Gasteiger partial charge < -0.3 is 19.7 Å². The fourth-order valence-electron chi connectivity index (χ4n) is 2.13. The van der Waals surface area contributed by atoms with Crippen molar-refractivity contribution in [1.29, 1.82) is 0 Å². The maximum absolute atomic E-state index is 12.2. The van der Waals surface area contributed by atoms with Gasteiger partial charge in [0.2, 0.25) is 5.91 Å². The highest BCUT2D eigenvalue weighted by atomic mass is 35.5. The monoisotopic (exact) mass is 345 g/mol. The van der Waals surface area contributed by atoms with Crippen molar-refractivity contribution in [3.05, 3.63) is 27.8 Å². The maximum Gasteiger partial charge on any atom is 0.277 e. The minimum Gasteiger partial charge on any atom is -0.486 e. The van der Waals surface area contributed by atoms with Crippen LogP contribution >= 0.6 is 12.4 Å². The number of hydrogen-bond acceptors (Lipinski definition) is 6. The SMILES string of the molecule is CNCCN(C)C(=O)Cc1cc2c(cc1[N+](=O)[O-])OCCO2.Cl. The van der Waals surface area contributed by atoms with Gasteiger partial charge in [-0.3, -0.25) is 14.9 Å². The number of rotatable bonds is 6. The van der Waals surface area contributed by atoms with Crippen LogP contribution in [0, 0.1) is 10.1 Å². The van der Waals surface area contributed by atoms with Crippen molar-refractivity contribution < 1.29 is 19.2 Å². The molecule has 0 atom stereocenters. The minimum atomic E-state index is -0.505. The molecule has 1 amide bonds. The van der Waals surface area contributed by atoms with Crippen molar-refractivity contribution in [1.82, 2.24) is 10.2 Å². The van der Waals surface area contributed by atoms with Gasteiger partial charge >= 0.3 is 0 Å². The Hall–Kier alpha value is -2.06. The molecule has 1 aliphatic rings. The van der Waals surface area contributed by atoms with Gasteiger partial charge in [-0.15, -0.1) is 12.4 Å². The quantitative estimate of drug-likeness (QED) is 0.611. The number of nitrogens with one attached hydrogen (secondary N) is 1. The van der Waals surface area contributed by atoms with E-state index in [0.717, 1.165) is 0 Å². The smallest absolute Gasteiger partial charge is 0.277 e. The first-order chi connectivity index (χ1) is 10.5. The minimum absolute atomic E-state index is 0. The molecule has 0 saturated carbocycles. The Morgan fingerprint density at radius 2 is 1.96 bits per heavy atom. The number of nitro benzene ring substituents is 1. The van der Waals surface area contributed by atoms with Crippen molar-refractivity contribution in [2.45, 2.75) is 6.42 Å². The van der Waals surface area contributed by atoms with Gasteiger partial charge in [-0.05, 0) is 13.1 Å². The number of nitrogens with zero attached hydrogens (tertiary/aromatic N) is 2. The van der Waals surface area contributed by atoms with E-state index in [-0.39, 0.29) is 30.4 Å². The van der Waals surface area contributed by atoms with Crippen LogP contribution in [0.2, 0.25) is 0 Å². The van der Waals surface area contributed by atoms with Gasteiger partial charge in [0.1, 0.15) is 13.2 Å². The molecule has 0 fully saturated rings. The third-order valence-corrected chi connectivity index (χ3v) is 3.40. The molecule has 1 N–H and O–H groups in total. The number of nitro groups is 1. The zero-order valence-corrected chi connectivity index (χ0v) is 13.9. The highest BCUT2D eigenvalue weighted by molar-refractivity contribution is 5.85. The highest BCUT2D eigenvalue weighted by Crippen LogP contribution is 2.36. The van der Waals surface area contributed by atoms with Gasteiger partial charge in [0.25, 0.3) is 5.69 Å².